The second kappa shape index (κ2) is 9.43. The Bertz CT molecular complexity index is 1310. The van der Waals surface area contributed by atoms with Crippen LogP contribution in [-0.2, 0) is 9.53 Å². The number of thiazole rings is 1. The number of imidazole rings is 1. The fourth-order valence-electron chi connectivity index (χ4n) is 3.75. The van der Waals surface area contributed by atoms with Crippen LogP contribution in [0, 0.1) is 6.92 Å². The van der Waals surface area contributed by atoms with Gasteiger partial charge in [0.15, 0.2) is 12.3 Å². The number of fused-ring (bicyclic) bond motifs is 1. The summed E-state index contributed by atoms with van der Waals surface area (Å²) in [5.74, 6) is 0.297. The number of aromatic nitrogens is 5. The zero-order valence-corrected chi connectivity index (χ0v) is 19.0. The van der Waals surface area contributed by atoms with Crippen molar-refractivity contribution >= 4 is 34.4 Å². The van der Waals surface area contributed by atoms with Crippen molar-refractivity contribution in [2.75, 3.05) is 18.5 Å². The van der Waals surface area contributed by atoms with Crippen molar-refractivity contribution in [3.8, 4) is 16.5 Å². The number of aliphatic hydroxyl groups excluding tert-OH is 2. The van der Waals surface area contributed by atoms with Crippen LogP contribution in [0.25, 0.3) is 21.9 Å². The smallest absolute Gasteiger partial charge is 0.264 e. The molecule has 176 valence electrons. The van der Waals surface area contributed by atoms with Gasteiger partial charge in [-0.2, -0.15) is 0 Å². The maximum absolute atomic E-state index is 12.7. The predicted molar refractivity (Wildman–Crippen MR) is 123 cm³/mol. The molecule has 4 heterocycles. The summed E-state index contributed by atoms with van der Waals surface area (Å²) in [6.45, 7) is 1.32. The van der Waals surface area contributed by atoms with Crippen molar-refractivity contribution in [2.45, 2.75) is 31.8 Å². The molecule has 1 aliphatic rings. The van der Waals surface area contributed by atoms with E-state index in [1.54, 1.807) is 16.7 Å². The van der Waals surface area contributed by atoms with Crippen molar-refractivity contribution < 1.29 is 24.5 Å². The summed E-state index contributed by atoms with van der Waals surface area (Å²) in [4.78, 5) is 30.6. The van der Waals surface area contributed by atoms with Gasteiger partial charge in [0, 0.05) is 17.5 Å². The molecule has 12 heteroatoms. The quantitative estimate of drug-likeness (QED) is 0.360. The van der Waals surface area contributed by atoms with E-state index >= 15 is 0 Å². The molecule has 3 aromatic heterocycles. The molecule has 0 bridgehead atoms. The lowest BCUT2D eigenvalue weighted by molar-refractivity contribution is -0.118. The number of aliphatic hydroxyl groups is 2. The first-order valence-corrected chi connectivity index (χ1v) is 11.5. The Balaban J connectivity index is 1.50. The molecule has 0 spiro atoms. The number of nitrogens with zero attached hydrogens (tertiary/aromatic N) is 5. The number of anilines is 1. The molecule has 5 rings (SSSR count). The summed E-state index contributed by atoms with van der Waals surface area (Å²) in [6, 6.07) is 8.99. The topological polar surface area (TPSA) is 145 Å². The number of carbonyl (C=O) groups is 1. The molecule has 34 heavy (non-hydrogen) atoms. The Morgan fingerprint density at radius 2 is 2.12 bits per heavy atom. The van der Waals surface area contributed by atoms with Gasteiger partial charge in [-0.1, -0.05) is 18.2 Å². The van der Waals surface area contributed by atoms with E-state index < -0.39 is 24.3 Å². The van der Waals surface area contributed by atoms with Crippen molar-refractivity contribution in [3.05, 3.63) is 47.7 Å². The predicted octanol–water partition coefficient (Wildman–Crippen LogP) is 1.92. The van der Waals surface area contributed by atoms with E-state index in [1.165, 1.54) is 17.7 Å². The summed E-state index contributed by atoms with van der Waals surface area (Å²) in [6.07, 6.45) is -0.750. The molecule has 1 aliphatic heterocycles. The molecule has 11 nitrogen and oxygen atoms in total. The van der Waals surface area contributed by atoms with Gasteiger partial charge < -0.3 is 19.7 Å². The van der Waals surface area contributed by atoms with Gasteiger partial charge in [-0.3, -0.25) is 14.7 Å². The van der Waals surface area contributed by atoms with Crippen molar-refractivity contribution in [1.82, 2.24) is 24.5 Å². The van der Waals surface area contributed by atoms with Gasteiger partial charge in [0.05, 0.1) is 12.7 Å². The lowest BCUT2D eigenvalue weighted by Gasteiger charge is -2.17. The lowest BCUT2D eigenvalue weighted by atomic mass is 10.2. The first kappa shape index (κ1) is 22.3. The van der Waals surface area contributed by atoms with Gasteiger partial charge in [-0.25, -0.2) is 19.9 Å². The van der Waals surface area contributed by atoms with Gasteiger partial charge >= 0.3 is 0 Å². The van der Waals surface area contributed by atoms with Crippen molar-refractivity contribution in [1.29, 1.82) is 0 Å². The van der Waals surface area contributed by atoms with Gasteiger partial charge in [0.2, 0.25) is 5.95 Å². The SMILES string of the molecule is Cc1csc(-c2ncnc3c2nc(NC(=O)COc2ccccc2)n3[C@H]2C[C@H](O)[C@@H](CO)O2)n1. The molecule has 1 fully saturated rings. The van der Waals surface area contributed by atoms with E-state index in [4.69, 9.17) is 9.47 Å². The molecule has 3 N–H and O–H groups in total. The lowest BCUT2D eigenvalue weighted by Crippen LogP contribution is -2.25. The molecule has 4 aromatic rings. The summed E-state index contributed by atoms with van der Waals surface area (Å²) in [5.41, 5.74) is 2.22. The van der Waals surface area contributed by atoms with Gasteiger partial charge in [-0.15, -0.1) is 11.3 Å². The maximum atomic E-state index is 12.7. The van der Waals surface area contributed by atoms with Crippen molar-refractivity contribution in [2.24, 2.45) is 0 Å². The van der Waals surface area contributed by atoms with Crippen LogP contribution in [0.5, 0.6) is 5.75 Å². The van der Waals surface area contributed by atoms with Crippen LogP contribution in [0.4, 0.5) is 5.95 Å². The Hall–Kier alpha value is -3.45. The van der Waals surface area contributed by atoms with Crippen LogP contribution in [0.15, 0.2) is 42.0 Å². The molecule has 0 aliphatic carbocycles. The Labute approximate surface area is 198 Å². The van der Waals surface area contributed by atoms with E-state index in [0.29, 0.717) is 27.6 Å². The highest BCUT2D eigenvalue weighted by atomic mass is 32.1. The number of nitrogens with one attached hydrogen (secondary N) is 1. The van der Waals surface area contributed by atoms with E-state index in [9.17, 15) is 15.0 Å². The fraction of sp³-hybridized carbons (Fsp3) is 0.318. The number of ether oxygens (including phenoxy) is 2. The van der Waals surface area contributed by atoms with E-state index in [1.807, 2.05) is 30.5 Å². The molecule has 0 saturated carbocycles. The van der Waals surface area contributed by atoms with E-state index in [-0.39, 0.29) is 25.6 Å². The maximum Gasteiger partial charge on any atom is 0.264 e. The third-order valence-corrected chi connectivity index (χ3v) is 6.30. The minimum Gasteiger partial charge on any atom is -0.484 e. The number of rotatable bonds is 7. The monoisotopic (exact) mass is 482 g/mol. The number of aryl methyl sites for hydroxylation is 1. The molecular weight excluding hydrogens is 460 g/mol. The highest BCUT2D eigenvalue weighted by molar-refractivity contribution is 7.13. The van der Waals surface area contributed by atoms with E-state index in [0.717, 1.165) is 5.69 Å². The van der Waals surface area contributed by atoms with Crippen LogP contribution < -0.4 is 10.1 Å². The van der Waals surface area contributed by atoms with Gasteiger partial charge in [0.25, 0.3) is 5.91 Å². The number of para-hydroxylation sites is 1. The Kier molecular flexibility index (Phi) is 6.20. The number of hydrogen-bond donors (Lipinski definition) is 3. The third kappa shape index (κ3) is 4.35. The van der Waals surface area contributed by atoms with Gasteiger partial charge in [-0.05, 0) is 19.1 Å². The standard InChI is InChI=1S/C22H22N6O5S/c1-12-10-34-21(25-12)19-18-20(24-11-23-19)28(17-7-14(30)15(8-29)33-17)22(27-18)26-16(31)9-32-13-5-3-2-4-6-13/h2-6,10-11,14-15,17,29-30H,7-9H2,1H3,(H,26,27,31)/t14-,15+,17+/m0/s1. The Morgan fingerprint density at radius 1 is 1.29 bits per heavy atom. The second-order valence-electron chi connectivity index (χ2n) is 7.76. The number of amides is 1. The average molecular weight is 483 g/mol. The molecule has 1 saturated heterocycles. The van der Waals surface area contributed by atoms with Crippen LogP contribution in [0.2, 0.25) is 0 Å². The fourth-order valence-corrected chi connectivity index (χ4v) is 4.55. The normalized spacial score (nSPS) is 20.0. The number of carbonyl (C=O) groups excluding carboxylic acids is 1. The first-order valence-electron chi connectivity index (χ1n) is 10.6. The van der Waals surface area contributed by atoms with Crippen LogP contribution in [0.3, 0.4) is 0 Å². The average Bonchev–Trinajstić information content (AvgIpc) is 3.54. The molecule has 1 aromatic carbocycles. The number of hydrogen-bond acceptors (Lipinski definition) is 10. The number of benzene rings is 1. The third-order valence-electron chi connectivity index (χ3n) is 5.34. The highest BCUT2D eigenvalue weighted by Gasteiger charge is 2.37. The zero-order valence-electron chi connectivity index (χ0n) is 18.2. The summed E-state index contributed by atoms with van der Waals surface area (Å²) in [5, 5.41) is 25.1. The minimum atomic E-state index is -0.875. The molecule has 3 atom stereocenters. The summed E-state index contributed by atoms with van der Waals surface area (Å²) >= 11 is 1.43. The van der Waals surface area contributed by atoms with Crippen LogP contribution in [-0.4, -0.2) is 66.0 Å². The molecular formula is C22H22N6O5S. The molecule has 1 amide bonds. The zero-order chi connectivity index (χ0) is 23.7. The largest absolute Gasteiger partial charge is 0.484 e. The summed E-state index contributed by atoms with van der Waals surface area (Å²) < 4.78 is 13.0. The molecule has 0 radical (unpaired) electrons. The van der Waals surface area contributed by atoms with Crippen molar-refractivity contribution in [3.63, 3.8) is 0 Å². The second-order valence-corrected chi connectivity index (χ2v) is 8.62. The first-order chi connectivity index (χ1) is 16.5. The minimum absolute atomic E-state index is 0.169. The van der Waals surface area contributed by atoms with Crippen LogP contribution >= 0.6 is 11.3 Å². The summed E-state index contributed by atoms with van der Waals surface area (Å²) in [7, 11) is 0. The highest BCUT2D eigenvalue weighted by Crippen LogP contribution is 2.36. The van der Waals surface area contributed by atoms with Crippen LogP contribution in [0.1, 0.15) is 18.3 Å². The Morgan fingerprint density at radius 3 is 2.82 bits per heavy atom. The molecule has 0 unspecified atom stereocenters. The van der Waals surface area contributed by atoms with Gasteiger partial charge in [0.1, 0.15) is 40.6 Å². The van der Waals surface area contributed by atoms with E-state index in [2.05, 4.69) is 25.3 Å².